The Morgan fingerprint density at radius 2 is 1.59 bits per heavy atom. The number of nitrogens with zero attached hydrogens (tertiary/aromatic N) is 2. The van der Waals surface area contributed by atoms with Crippen LogP contribution in [-0.2, 0) is 16.2 Å². The van der Waals surface area contributed by atoms with Crippen molar-refractivity contribution in [3.8, 4) is 5.75 Å². The van der Waals surface area contributed by atoms with E-state index in [1.54, 1.807) is 6.21 Å². The van der Waals surface area contributed by atoms with Crippen LogP contribution in [0.4, 0.5) is 0 Å². The third-order valence-corrected chi connectivity index (χ3v) is 6.50. The average molecular weight is 451 g/mol. The standard InChI is InChI=1S/C23H19BrN2O3/c24-18-7-1-15(2-8-18)13-29-19-9-3-14(4-10-19)12-25-26-22(27)20-16-5-6-17(11-16)21(20)23(26)28/h1-10,12,16-17,20-21H,11,13H2/b25-12-/t16-,17-,20+,21+/m0/s1. The average Bonchev–Trinajstić information content (AvgIpc) is 3.41. The molecule has 1 aliphatic heterocycles. The molecule has 2 amide bonds. The number of imide groups is 1. The number of allylic oxidation sites excluding steroid dienone is 2. The van der Waals surface area contributed by atoms with E-state index in [0.29, 0.717) is 6.61 Å². The monoisotopic (exact) mass is 450 g/mol. The van der Waals surface area contributed by atoms with E-state index in [-0.39, 0.29) is 35.5 Å². The van der Waals surface area contributed by atoms with Gasteiger partial charge in [0, 0.05) is 4.47 Å². The lowest BCUT2D eigenvalue weighted by Crippen LogP contribution is -2.28. The van der Waals surface area contributed by atoms with Gasteiger partial charge in [-0.05, 0) is 65.8 Å². The normalized spacial score (nSPS) is 27.3. The van der Waals surface area contributed by atoms with E-state index in [1.807, 2.05) is 48.5 Å². The summed E-state index contributed by atoms with van der Waals surface area (Å²) >= 11 is 3.42. The molecule has 2 fully saturated rings. The van der Waals surface area contributed by atoms with Gasteiger partial charge in [-0.1, -0.05) is 40.2 Å². The molecule has 2 bridgehead atoms. The highest BCUT2D eigenvalue weighted by Gasteiger charge is 2.59. The largest absolute Gasteiger partial charge is 0.489 e. The molecule has 3 aliphatic rings. The number of hydrogen-bond donors (Lipinski definition) is 0. The predicted molar refractivity (Wildman–Crippen MR) is 112 cm³/mol. The van der Waals surface area contributed by atoms with Crippen molar-refractivity contribution < 1.29 is 14.3 Å². The van der Waals surface area contributed by atoms with Gasteiger partial charge in [0.25, 0.3) is 11.8 Å². The van der Waals surface area contributed by atoms with Crippen LogP contribution in [0, 0.1) is 23.7 Å². The number of amides is 2. The minimum Gasteiger partial charge on any atom is -0.489 e. The van der Waals surface area contributed by atoms with Gasteiger partial charge >= 0.3 is 0 Å². The maximum Gasteiger partial charge on any atom is 0.254 e. The first-order valence-electron chi connectivity index (χ1n) is 9.67. The van der Waals surface area contributed by atoms with Crippen LogP contribution in [0.1, 0.15) is 17.5 Å². The first kappa shape index (κ1) is 18.3. The lowest BCUT2D eigenvalue weighted by molar-refractivity contribution is -0.140. The second kappa shape index (κ2) is 7.26. The van der Waals surface area contributed by atoms with E-state index in [9.17, 15) is 9.59 Å². The summed E-state index contributed by atoms with van der Waals surface area (Å²) in [5, 5.41) is 5.27. The Hall–Kier alpha value is -2.73. The van der Waals surface area contributed by atoms with Gasteiger partial charge in [0.05, 0.1) is 18.1 Å². The molecule has 6 heteroatoms. The van der Waals surface area contributed by atoms with Crippen molar-refractivity contribution >= 4 is 34.0 Å². The summed E-state index contributed by atoms with van der Waals surface area (Å²) in [5.41, 5.74) is 1.89. The maximum absolute atomic E-state index is 12.6. The Kier molecular flexibility index (Phi) is 4.59. The fourth-order valence-corrected chi connectivity index (χ4v) is 4.79. The number of hydrogen-bond acceptors (Lipinski definition) is 4. The molecule has 5 nitrogen and oxygen atoms in total. The molecule has 0 unspecified atom stereocenters. The number of benzene rings is 2. The lowest BCUT2D eigenvalue weighted by Gasteiger charge is -2.13. The zero-order chi connectivity index (χ0) is 20.0. The summed E-state index contributed by atoms with van der Waals surface area (Å²) in [5.74, 6) is 0.376. The fraction of sp³-hybridized carbons (Fsp3) is 0.261. The van der Waals surface area contributed by atoms with Crippen molar-refractivity contribution in [3.63, 3.8) is 0 Å². The highest BCUT2D eigenvalue weighted by atomic mass is 79.9. The number of ether oxygens (including phenoxy) is 1. The number of carbonyl (C=O) groups excluding carboxylic acids is 2. The maximum atomic E-state index is 12.6. The van der Waals surface area contributed by atoms with Crippen LogP contribution in [-0.4, -0.2) is 23.0 Å². The van der Waals surface area contributed by atoms with Crippen LogP contribution in [0.2, 0.25) is 0 Å². The van der Waals surface area contributed by atoms with Gasteiger partial charge in [0.1, 0.15) is 12.4 Å². The molecule has 1 heterocycles. The number of halogens is 1. The van der Waals surface area contributed by atoms with Crippen molar-refractivity contribution in [1.82, 2.24) is 5.01 Å². The molecular weight excluding hydrogens is 432 g/mol. The first-order chi connectivity index (χ1) is 14.1. The zero-order valence-corrected chi connectivity index (χ0v) is 17.2. The molecular formula is C23H19BrN2O3. The predicted octanol–water partition coefficient (Wildman–Crippen LogP) is 4.17. The van der Waals surface area contributed by atoms with E-state index >= 15 is 0 Å². The van der Waals surface area contributed by atoms with Crippen LogP contribution in [0.5, 0.6) is 5.75 Å². The van der Waals surface area contributed by atoms with Crippen LogP contribution in [0.3, 0.4) is 0 Å². The molecule has 2 aliphatic carbocycles. The molecule has 1 saturated carbocycles. The van der Waals surface area contributed by atoms with E-state index in [0.717, 1.165) is 32.8 Å². The van der Waals surface area contributed by atoms with Gasteiger partial charge in [-0.25, -0.2) is 0 Å². The first-order valence-corrected chi connectivity index (χ1v) is 10.5. The molecule has 4 atom stereocenters. The van der Waals surface area contributed by atoms with E-state index < -0.39 is 0 Å². The fourth-order valence-electron chi connectivity index (χ4n) is 4.52. The van der Waals surface area contributed by atoms with Crippen molar-refractivity contribution in [2.75, 3.05) is 0 Å². The van der Waals surface area contributed by atoms with Crippen LogP contribution in [0.15, 0.2) is 70.3 Å². The molecule has 0 spiro atoms. The molecule has 1 saturated heterocycles. The third-order valence-electron chi connectivity index (χ3n) is 5.97. The van der Waals surface area contributed by atoms with Crippen molar-refractivity contribution in [1.29, 1.82) is 0 Å². The summed E-state index contributed by atoms with van der Waals surface area (Å²) < 4.78 is 6.83. The molecule has 29 heavy (non-hydrogen) atoms. The topological polar surface area (TPSA) is 59.0 Å². The van der Waals surface area contributed by atoms with Crippen molar-refractivity contribution in [3.05, 3.63) is 76.3 Å². The van der Waals surface area contributed by atoms with Gasteiger partial charge < -0.3 is 4.74 Å². The lowest BCUT2D eigenvalue weighted by atomic mass is 9.85. The highest BCUT2D eigenvalue weighted by Crippen LogP contribution is 2.52. The third kappa shape index (κ3) is 3.31. The van der Waals surface area contributed by atoms with Crippen LogP contribution < -0.4 is 4.74 Å². The quantitative estimate of drug-likeness (QED) is 0.390. The van der Waals surface area contributed by atoms with Gasteiger partial charge in [-0.15, -0.1) is 0 Å². The van der Waals surface area contributed by atoms with Crippen molar-refractivity contribution in [2.24, 2.45) is 28.8 Å². The molecule has 0 aromatic heterocycles. The Morgan fingerprint density at radius 3 is 2.21 bits per heavy atom. The number of fused-ring (bicyclic) bond motifs is 5. The Balaban J connectivity index is 1.22. The summed E-state index contributed by atoms with van der Waals surface area (Å²) in [7, 11) is 0. The number of carbonyl (C=O) groups is 2. The Morgan fingerprint density at radius 1 is 0.966 bits per heavy atom. The van der Waals surface area contributed by atoms with Crippen LogP contribution >= 0.6 is 15.9 Å². The highest BCUT2D eigenvalue weighted by molar-refractivity contribution is 9.10. The minimum absolute atomic E-state index is 0.164. The van der Waals surface area contributed by atoms with Gasteiger partial charge in [-0.3, -0.25) is 9.59 Å². The zero-order valence-electron chi connectivity index (χ0n) is 15.6. The van der Waals surface area contributed by atoms with E-state index in [2.05, 4.69) is 33.2 Å². The van der Waals surface area contributed by atoms with E-state index in [4.69, 9.17) is 4.74 Å². The molecule has 0 radical (unpaired) electrons. The van der Waals surface area contributed by atoms with Crippen molar-refractivity contribution in [2.45, 2.75) is 13.0 Å². The Bertz CT molecular complexity index is 983. The summed E-state index contributed by atoms with van der Waals surface area (Å²) in [6, 6.07) is 15.4. The summed E-state index contributed by atoms with van der Waals surface area (Å²) in [6.07, 6.45) is 6.64. The second-order valence-electron chi connectivity index (χ2n) is 7.72. The SMILES string of the molecule is O=C1[C@H]2[C@H](C(=O)N1/N=C\c1ccc(OCc3ccc(Br)cc3)cc1)[C@H]1C=C[C@H]2C1. The molecule has 2 aromatic carbocycles. The molecule has 5 rings (SSSR count). The summed E-state index contributed by atoms with van der Waals surface area (Å²) in [4.78, 5) is 25.3. The molecule has 146 valence electrons. The minimum atomic E-state index is -0.218. The van der Waals surface area contributed by atoms with Gasteiger partial charge in [0.2, 0.25) is 0 Å². The summed E-state index contributed by atoms with van der Waals surface area (Å²) in [6.45, 7) is 0.483. The second-order valence-corrected chi connectivity index (χ2v) is 8.63. The molecule has 2 aromatic rings. The van der Waals surface area contributed by atoms with Gasteiger partial charge in [0.15, 0.2) is 0 Å². The number of rotatable bonds is 5. The van der Waals surface area contributed by atoms with E-state index in [1.165, 1.54) is 0 Å². The number of hydrazone groups is 1. The smallest absolute Gasteiger partial charge is 0.254 e. The van der Waals surface area contributed by atoms with Crippen LogP contribution in [0.25, 0.3) is 0 Å². The Labute approximate surface area is 177 Å². The van der Waals surface area contributed by atoms with Gasteiger partial charge in [-0.2, -0.15) is 10.1 Å². The molecule has 0 N–H and O–H groups in total.